The van der Waals surface area contributed by atoms with Gasteiger partial charge in [0.2, 0.25) is 0 Å². The lowest BCUT2D eigenvalue weighted by Crippen LogP contribution is -2.33. The van der Waals surface area contributed by atoms with Gasteiger partial charge in [0.1, 0.15) is 18.7 Å². The highest BCUT2D eigenvalue weighted by Crippen LogP contribution is 2.24. The van der Waals surface area contributed by atoms with E-state index in [2.05, 4.69) is 58.4 Å². The maximum absolute atomic E-state index is 12.7. The number of benzene rings is 2. The average molecular weight is 485 g/mol. The first kappa shape index (κ1) is 23.7. The standard InChI is InChI=1S/C28H32N6O2/c1-21(2)34-15-13-24(31-34)19-36-26-10-8-23(9-11-26)27-18-33(20-30-27)28(35)29-16-22-12-14-32(17-22)25-6-4-3-5-7-25/h3-11,13,15,18,20-22H,12,14,16-17,19H2,1-2H3,(H,29,35). The third-order valence-electron chi connectivity index (χ3n) is 6.50. The van der Waals surface area contributed by atoms with Crippen LogP contribution in [0.1, 0.15) is 32.0 Å². The number of nitrogens with zero attached hydrogens (tertiary/aromatic N) is 5. The molecule has 5 rings (SSSR count). The molecular formula is C28H32N6O2. The van der Waals surface area contributed by atoms with E-state index in [1.807, 2.05) is 47.3 Å². The molecule has 0 radical (unpaired) electrons. The molecule has 1 amide bonds. The zero-order valence-corrected chi connectivity index (χ0v) is 20.7. The van der Waals surface area contributed by atoms with Crippen LogP contribution in [-0.4, -0.2) is 45.0 Å². The molecule has 1 N–H and O–H groups in total. The van der Waals surface area contributed by atoms with E-state index in [1.54, 1.807) is 12.5 Å². The van der Waals surface area contributed by atoms with Crippen LogP contribution in [0, 0.1) is 5.92 Å². The molecule has 8 nitrogen and oxygen atoms in total. The highest BCUT2D eigenvalue weighted by molar-refractivity contribution is 5.78. The van der Waals surface area contributed by atoms with Crippen LogP contribution in [-0.2, 0) is 6.61 Å². The Morgan fingerprint density at radius 2 is 1.92 bits per heavy atom. The number of ether oxygens (including phenoxy) is 1. The summed E-state index contributed by atoms with van der Waals surface area (Å²) in [5.41, 5.74) is 3.79. The smallest absolute Gasteiger partial charge is 0.326 e. The Kier molecular flexibility index (Phi) is 7.02. The van der Waals surface area contributed by atoms with Gasteiger partial charge < -0.3 is 15.0 Å². The molecule has 1 saturated heterocycles. The van der Waals surface area contributed by atoms with E-state index in [0.717, 1.165) is 42.2 Å². The first-order valence-corrected chi connectivity index (χ1v) is 12.4. The number of imidazole rings is 1. The van der Waals surface area contributed by atoms with E-state index in [9.17, 15) is 4.79 Å². The molecule has 0 saturated carbocycles. The highest BCUT2D eigenvalue weighted by Gasteiger charge is 2.23. The van der Waals surface area contributed by atoms with Gasteiger partial charge in [0.05, 0.1) is 11.4 Å². The summed E-state index contributed by atoms with van der Waals surface area (Å²) in [7, 11) is 0. The molecule has 0 aliphatic carbocycles. The Morgan fingerprint density at radius 1 is 1.11 bits per heavy atom. The van der Waals surface area contributed by atoms with Crippen LogP contribution >= 0.6 is 0 Å². The first-order chi connectivity index (χ1) is 17.5. The van der Waals surface area contributed by atoms with Crippen LogP contribution in [0.15, 0.2) is 79.4 Å². The van der Waals surface area contributed by atoms with Gasteiger partial charge in [0.25, 0.3) is 0 Å². The maximum atomic E-state index is 12.7. The van der Waals surface area contributed by atoms with Crippen LogP contribution in [0.5, 0.6) is 5.75 Å². The van der Waals surface area contributed by atoms with Crippen molar-refractivity contribution in [1.29, 1.82) is 0 Å². The molecule has 36 heavy (non-hydrogen) atoms. The molecule has 3 heterocycles. The predicted octanol–water partition coefficient (Wildman–Crippen LogP) is 4.99. The summed E-state index contributed by atoms with van der Waals surface area (Å²) < 4.78 is 9.29. The summed E-state index contributed by atoms with van der Waals surface area (Å²) in [4.78, 5) is 19.5. The Morgan fingerprint density at radius 3 is 2.67 bits per heavy atom. The van der Waals surface area contributed by atoms with Crippen molar-refractivity contribution in [2.45, 2.75) is 32.9 Å². The van der Waals surface area contributed by atoms with Crippen molar-refractivity contribution in [3.05, 3.63) is 85.1 Å². The Hall–Kier alpha value is -4.07. The second-order valence-corrected chi connectivity index (χ2v) is 9.48. The fourth-order valence-electron chi connectivity index (χ4n) is 4.40. The molecule has 8 heteroatoms. The molecule has 1 unspecified atom stereocenters. The third-order valence-corrected chi connectivity index (χ3v) is 6.50. The minimum Gasteiger partial charge on any atom is -0.487 e. The molecule has 2 aromatic carbocycles. The van der Waals surface area contributed by atoms with Crippen molar-refractivity contribution in [2.75, 3.05) is 24.5 Å². The summed E-state index contributed by atoms with van der Waals surface area (Å²) in [5.74, 6) is 1.19. The van der Waals surface area contributed by atoms with Gasteiger partial charge in [-0.15, -0.1) is 0 Å². The van der Waals surface area contributed by atoms with Gasteiger partial charge in [-0.25, -0.2) is 9.78 Å². The molecule has 1 fully saturated rings. The summed E-state index contributed by atoms with van der Waals surface area (Å²) in [6, 6.07) is 20.3. The molecule has 186 valence electrons. The average Bonchev–Trinajstić information content (AvgIpc) is 3.68. The monoisotopic (exact) mass is 484 g/mol. The van der Waals surface area contributed by atoms with E-state index in [-0.39, 0.29) is 6.03 Å². The molecule has 2 aromatic heterocycles. The predicted molar refractivity (Wildman–Crippen MR) is 140 cm³/mol. The van der Waals surface area contributed by atoms with Crippen LogP contribution in [0.25, 0.3) is 11.3 Å². The zero-order valence-electron chi connectivity index (χ0n) is 20.7. The normalized spacial score (nSPS) is 15.4. The van der Waals surface area contributed by atoms with Crippen LogP contribution < -0.4 is 15.0 Å². The maximum Gasteiger partial charge on any atom is 0.326 e. The van der Waals surface area contributed by atoms with E-state index in [4.69, 9.17) is 4.74 Å². The molecule has 1 aliphatic rings. The van der Waals surface area contributed by atoms with E-state index in [1.165, 1.54) is 10.3 Å². The van der Waals surface area contributed by atoms with Crippen LogP contribution in [0.4, 0.5) is 10.5 Å². The second-order valence-electron chi connectivity index (χ2n) is 9.48. The van der Waals surface area contributed by atoms with Crippen LogP contribution in [0.3, 0.4) is 0 Å². The van der Waals surface area contributed by atoms with Gasteiger partial charge in [0.15, 0.2) is 0 Å². The lowest BCUT2D eigenvalue weighted by atomic mass is 10.1. The highest BCUT2D eigenvalue weighted by atomic mass is 16.5. The van der Waals surface area contributed by atoms with Crippen molar-refractivity contribution in [3.63, 3.8) is 0 Å². The lowest BCUT2D eigenvalue weighted by Gasteiger charge is -2.18. The number of para-hydroxylation sites is 1. The molecule has 1 atom stereocenters. The lowest BCUT2D eigenvalue weighted by molar-refractivity contribution is 0.240. The Bertz CT molecular complexity index is 1280. The molecular weight excluding hydrogens is 452 g/mol. The summed E-state index contributed by atoms with van der Waals surface area (Å²) in [6.45, 7) is 7.22. The first-order valence-electron chi connectivity index (χ1n) is 12.4. The van der Waals surface area contributed by atoms with Gasteiger partial charge in [-0.1, -0.05) is 18.2 Å². The fourth-order valence-corrected chi connectivity index (χ4v) is 4.40. The number of carbonyl (C=O) groups is 1. The van der Waals surface area contributed by atoms with Crippen molar-refractivity contribution in [3.8, 4) is 17.0 Å². The second kappa shape index (κ2) is 10.7. The SMILES string of the molecule is CC(C)n1ccc(COc2ccc(-c3cn(C(=O)NCC4CCN(c5ccccc5)C4)cn3)cc2)n1. The molecule has 1 aliphatic heterocycles. The van der Waals surface area contributed by atoms with Crippen molar-refractivity contribution in [1.82, 2.24) is 24.6 Å². The number of carbonyl (C=O) groups excluding carboxylic acids is 1. The summed E-state index contributed by atoms with van der Waals surface area (Å²) >= 11 is 0. The van der Waals surface area contributed by atoms with E-state index >= 15 is 0 Å². The number of amides is 1. The van der Waals surface area contributed by atoms with E-state index in [0.29, 0.717) is 25.1 Å². The van der Waals surface area contributed by atoms with Crippen molar-refractivity contribution < 1.29 is 9.53 Å². The number of hydrogen-bond acceptors (Lipinski definition) is 5. The molecule has 4 aromatic rings. The topological polar surface area (TPSA) is 77.2 Å². The van der Waals surface area contributed by atoms with Gasteiger partial charge in [-0.05, 0) is 68.7 Å². The summed E-state index contributed by atoms with van der Waals surface area (Å²) in [5, 5.41) is 7.56. The number of nitrogens with one attached hydrogen (secondary N) is 1. The van der Waals surface area contributed by atoms with Crippen molar-refractivity contribution in [2.24, 2.45) is 5.92 Å². The number of aromatic nitrogens is 4. The third kappa shape index (κ3) is 5.59. The van der Waals surface area contributed by atoms with Crippen LogP contribution in [0.2, 0.25) is 0 Å². The quantitative estimate of drug-likeness (QED) is 0.381. The zero-order chi connectivity index (χ0) is 24.9. The Balaban J connectivity index is 1.11. The van der Waals surface area contributed by atoms with Gasteiger partial charge in [-0.3, -0.25) is 9.25 Å². The molecule has 0 spiro atoms. The minimum atomic E-state index is -0.160. The molecule has 0 bridgehead atoms. The van der Waals surface area contributed by atoms with E-state index < -0.39 is 0 Å². The number of rotatable bonds is 8. The van der Waals surface area contributed by atoms with Crippen molar-refractivity contribution >= 4 is 11.7 Å². The fraction of sp³-hybridized carbons (Fsp3) is 0.321. The Labute approximate surface area is 211 Å². The number of hydrogen-bond donors (Lipinski definition) is 1. The summed E-state index contributed by atoms with van der Waals surface area (Å²) in [6.07, 6.45) is 6.35. The number of anilines is 1. The van der Waals surface area contributed by atoms with Gasteiger partial charge in [-0.2, -0.15) is 5.10 Å². The minimum absolute atomic E-state index is 0.160. The van der Waals surface area contributed by atoms with Gasteiger partial charge in [0, 0.05) is 49.3 Å². The van der Waals surface area contributed by atoms with Gasteiger partial charge >= 0.3 is 6.03 Å². The largest absolute Gasteiger partial charge is 0.487 e.